The largest absolute Gasteiger partial charge is 0.494 e. The third-order valence-corrected chi connectivity index (χ3v) is 5.77. The molecule has 1 heterocycles. The van der Waals surface area contributed by atoms with Crippen LogP contribution in [0, 0.1) is 0 Å². The highest BCUT2D eigenvalue weighted by atomic mass is 32.2. The van der Waals surface area contributed by atoms with Crippen molar-refractivity contribution in [1.82, 2.24) is 4.72 Å². The molecule has 0 radical (unpaired) electrons. The van der Waals surface area contributed by atoms with Crippen LogP contribution in [0.1, 0.15) is 26.3 Å². The number of hydrogen-bond acceptors (Lipinski definition) is 5. The van der Waals surface area contributed by atoms with Gasteiger partial charge in [0.25, 0.3) is 0 Å². The fourth-order valence-electron chi connectivity index (χ4n) is 2.77. The van der Waals surface area contributed by atoms with Gasteiger partial charge in [0, 0.05) is 0 Å². The van der Waals surface area contributed by atoms with Gasteiger partial charge in [0.15, 0.2) is 11.5 Å². The Morgan fingerprint density at radius 2 is 1.69 bits per heavy atom. The average Bonchev–Trinajstić information content (AvgIpc) is 2.61. The summed E-state index contributed by atoms with van der Waals surface area (Å²) in [5.41, 5.74) is -0.0379. The lowest BCUT2D eigenvalue weighted by atomic mass is 9.95. The molecular formula is C19H23NO5S. The van der Waals surface area contributed by atoms with Gasteiger partial charge in [0.1, 0.15) is 19.0 Å². The first-order valence-corrected chi connectivity index (χ1v) is 9.97. The quantitative estimate of drug-likeness (QED) is 0.837. The Kier molecular flexibility index (Phi) is 5.11. The number of fused-ring (bicyclic) bond motifs is 1. The molecular weight excluding hydrogens is 354 g/mol. The maximum atomic E-state index is 12.8. The molecule has 1 N–H and O–H groups in total. The summed E-state index contributed by atoms with van der Waals surface area (Å²) in [4.78, 5) is 0.187. The summed E-state index contributed by atoms with van der Waals surface area (Å²) in [5, 5.41) is 0. The van der Waals surface area contributed by atoms with Gasteiger partial charge in [-0.05, 0) is 62.7 Å². The van der Waals surface area contributed by atoms with Crippen molar-refractivity contribution in [1.29, 1.82) is 0 Å². The van der Waals surface area contributed by atoms with E-state index in [2.05, 4.69) is 4.72 Å². The van der Waals surface area contributed by atoms with Crippen LogP contribution >= 0.6 is 0 Å². The third kappa shape index (κ3) is 3.94. The van der Waals surface area contributed by atoms with Crippen molar-refractivity contribution in [2.45, 2.75) is 31.2 Å². The topological polar surface area (TPSA) is 73.9 Å². The van der Waals surface area contributed by atoms with Crippen LogP contribution in [-0.4, -0.2) is 28.2 Å². The van der Waals surface area contributed by atoms with E-state index in [1.54, 1.807) is 18.2 Å². The molecule has 0 amide bonds. The summed E-state index contributed by atoms with van der Waals surface area (Å²) >= 11 is 0. The molecule has 26 heavy (non-hydrogen) atoms. The lowest BCUT2D eigenvalue weighted by Crippen LogP contribution is -2.41. The smallest absolute Gasteiger partial charge is 0.241 e. The molecule has 3 rings (SSSR count). The Balaban J connectivity index is 1.83. The Morgan fingerprint density at radius 1 is 1.04 bits per heavy atom. The highest BCUT2D eigenvalue weighted by Gasteiger charge is 2.29. The predicted octanol–water partition coefficient (Wildman–Crippen LogP) is 3.07. The number of nitrogens with one attached hydrogen (secondary N) is 1. The van der Waals surface area contributed by atoms with Gasteiger partial charge >= 0.3 is 0 Å². The summed E-state index contributed by atoms with van der Waals surface area (Å²) in [6.07, 6.45) is 0. The monoisotopic (exact) mass is 377 g/mol. The van der Waals surface area contributed by atoms with Gasteiger partial charge < -0.3 is 14.2 Å². The van der Waals surface area contributed by atoms with Gasteiger partial charge in [-0.25, -0.2) is 13.1 Å². The van der Waals surface area contributed by atoms with E-state index in [4.69, 9.17) is 14.2 Å². The minimum atomic E-state index is -3.70. The van der Waals surface area contributed by atoms with Crippen molar-refractivity contribution in [3.8, 4) is 17.2 Å². The van der Waals surface area contributed by atoms with E-state index in [0.717, 1.165) is 5.56 Å². The first-order chi connectivity index (χ1) is 12.3. The van der Waals surface area contributed by atoms with Crippen molar-refractivity contribution in [3.05, 3.63) is 48.0 Å². The van der Waals surface area contributed by atoms with Gasteiger partial charge in [-0.2, -0.15) is 0 Å². The zero-order valence-corrected chi connectivity index (χ0v) is 15.9. The molecule has 0 aliphatic carbocycles. The molecule has 0 saturated heterocycles. The molecule has 7 heteroatoms. The lowest BCUT2D eigenvalue weighted by Gasteiger charge is -2.28. The number of benzene rings is 2. The first kappa shape index (κ1) is 18.5. The van der Waals surface area contributed by atoms with E-state index < -0.39 is 15.6 Å². The molecule has 1 aliphatic rings. The molecule has 2 aromatic carbocycles. The summed E-state index contributed by atoms with van der Waals surface area (Å²) in [5.74, 6) is 1.94. The Labute approximate surface area is 154 Å². The number of ether oxygens (including phenoxy) is 3. The highest BCUT2D eigenvalue weighted by molar-refractivity contribution is 7.89. The van der Waals surface area contributed by atoms with Crippen LogP contribution in [-0.2, 0) is 15.6 Å². The zero-order chi connectivity index (χ0) is 18.8. The standard InChI is InChI=1S/C19H23NO5S/c1-4-23-15-6-8-16(9-7-15)26(21,22)20-19(2,3)14-5-10-17-18(13-14)25-12-11-24-17/h5-10,13,20H,4,11-12H2,1-3H3. The van der Waals surface area contributed by atoms with Gasteiger partial charge in [0.05, 0.1) is 17.0 Å². The second kappa shape index (κ2) is 7.17. The second-order valence-corrected chi connectivity index (χ2v) is 8.18. The molecule has 0 fully saturated rings. The van der Waals surface area contributed by atoms with Crippen molar-refractivity contribution >= 4 is 10.0 Å². The molecule has 0 atom stereocenters. The number of hydrogen-bond donors (Lipinski definition) is 1. The van der Waals surface area contributed by atoms with Crippen LogP contribution in [0.5, 0.6) is 17.2 Å². The summed E-state index contributed by atoms with van der Waals surface area (Å²) in [6.45, 7) is 7.02. The zero-order valence-electron chi connectivity index (χ0n) is 15.1. The van der Waals surface area contributed by atoms with Crippen LogP contribution in [0.4, 0.5) is 0 Å². The summed E-state index contributed by atoms with van der Waals surface area (Å²) in [6, 6.07) is 11.8. The molecule has 1 aliphatic heterocycles. The second-order valence-electron chi connectivity index (χ2n) is 6.49. The fraction of sp³-hybridized carbons (Fsp3) is 0.368. The van der Waals surface area contributed by atoms with E-state index in [1.165, 1.54) is 12.1 Å². The van der Waals surface area contributed by atoms with Crippen LogP contribution in [0.15, 0.2) is 47.4 Å². The minimum absolute atomic E-state index is 0.187. The summed E-state index contributed by atoms with van der Waals surface area (Å²) < 4.78 is 44.8. The molecule has 140 valence electrons. The molecule has 0 aromatic heterocycles. The van der Waals surface area contributed by atoms with Crippen molar-refractivity contribution < 1.29 is 22.6 Å². The van der Waals surface area contributed by atoms with E-state index in [9.17, 15) is 8.42 Å². The van der Waals surface area contributed by atoms with Crippen LogP contribution in [0.2, 0.25) is 0 Å². The SMILES string of the molecule is CCOc1ccc(S(=O)(=O)NC(C)(C)c2ccc3c(c2)OCCO3)cc1. The van der Waals surface area contributed by atoms with Crippen LogP contribution in [0.3, 0.4) is 0 Å². The molecule has 0 unspecified atom stereocenters. The Morgan fingerprint density at radius 3 is 2.35 bits per heavy atom. The summed E-state index contributed by atoms with van der Waals surface area (Å²) in [7, 11) is -3.70. The van der Waals surface area contributed by atoms with Gasteiger partial charge in [-0.3, -0.25) is 0 Å². The molecule has 0 bridgehead atoms. The van der Waals surface area contributed by atoms with Crippen molar-refractivity contribution in [3.63, 3.8) is 0 Å². The Bertz CT molecular complexity index is 875. The highest BCUT2D eigenvalue weighted by Crippen LogP contribution is 2.34. The number of rotatable bonds is 6. The van der Waals surface area contributed by atoms with Crippen LogP contribution in [0.25, 0.3) is 0 Å². The van der Waals surface area contributed by atoms with E-state index in [0.29, 0.717) is 37.1 Å². The van der Waals surface area contributed by atoms with Gasteiger partial charge in [-0.1, -0.05) is 6.07 Å². The molecule has 2 aromatic rings. The minimum Gasteiger partial charge on any atom is -0.494 e. The average molecular weight is 377 g/mol. The fourth-order valence-corrected chi connectivity index (χ4v) is 4.17. The van der Waals surface area contributed by atoms with Crippen molar-refractivity contribution in [2.24, 2.45) is 0 Å². The lowest BCUT2D eigenvalue weighted by molar-refractivity contribution is 0.171. The van der Waals surface area contributed by atoms with E-state index >= 15 is 0 Å². The maximum absolute atomic E-state index is 12.8. The molecule has 6 nitrogen and oxygen atoms in total. The third-order valence-electron chi connectivity index (χ3n) is 4.10. The van der Waals surface area contributed by atoms with Gasteiger partial charge in [0.2, 0.25) is 10.0 Å². The number of sulfonamides is 1. The first-order valence-electron chi connectivity index (χ1n) is 8.49. The Hall–Kier alpha value is -2.25. The molecule has 0 spiro atoms. The van der Waals surface area contributed by atoms with E-state index in [1.807, 2.05) is 32.9 Å². The maximum Gasteiger partial charge on any atom is 0.241 e. The normalized spacial score (nSPS) is 14.1. The van der Waals surface area contributed by atoms with Crippen LogP contribution < -0.4 is 18.9 Å². The van der Waals surface area contributed by atoms with Gasteiger partial charge in [-0.15, -0.1) is 0 Å². The predicted molar refractivity (Wildman–Crippen MR) is 98.4 cm³/mol. The van der Waals surface area contributed by atoms with Crippen molar-refractivity contribution in [2.75, 3.05) is 19.8 Å². The molecule has 0 saturated carbocycles. The van der Waals surface area contributed by atoms with E-state index in [-0.39, 0.29) is 4.90 Å².